The van der Waals surface area contributed by atoms with E-state index in [1.54, 1.807) is 0 Å². The van der Waals surface area contributed by atoms with E-state index in [-0.39, 0.29) is 0 Å². The van der Waals surface area contributed by atoms with E-state index in [4.69, 9.17) is 0 Å². The van der Waals surface area contributed by atoms with Crippen molar-refractivity contribution in [1.82, 2.24) is 9.80 Å². The Morgan fingerprint density at radius 1 is 1.00 bits per heavy atom. The Labute approximate surface area is 89.3 Å². The van der Waals surface area contributed by atoms with Crippen molar-refractivity contribution in [2.24, 2.45) is 0 Å². The second-order valence-corrected chi connectivity index (χ2v) is 4.82. The highest BCUT2D eigenvalue weighted by Gasteiger charge is 2.20. The first-order valence-electron chi connectivity index (χ1n) is 6.13. The Hall–Kier alpha value is -0.0800. The van der Waals surface area contributed by atoms with E-state index in [0.717, 1.165) is 6.04 Å². The van der Waals surface area contributed by atoms with E-state index in [1.807, 2.05) is 0 Å². The summed E-state index contributed by atoms with van der Waals surface area (Å²) in [5, 5.41) is 0. The van der Waals surface area contributed by atoms with E-state index in [9.17, 15) is 0 Å². The zero-order valence-corrected chi connectivity index (χ0v) is 10.3. The Morgan fingerprint density at radius 2 is 1.57 bits per heavy atom. The number of hydrogen-bond acceptors (Lipinski definition) is 2. The van der Waals surface area contributed by atoms with E-state index >= 15 is 0 Å². The molecule has 1 unspecified atom stereocenters. The molecule has 0 aliphatic carbocycles. The van der Waals surface area contributed by atoms with Crippen LogP contribution in [-0.2, 0) is 0 Å². The average molecular weight is 198 g/mol. The van der Waals surface area contributed by atoms with Gasteiger partial charge in [0.25, 0.3) is 0 Å². The predicted octanol–water partition coefficient (Wildman–Crippen LogP) is 2.55. The largest absolute Gasteiger partial charge is 0.288 e. The van der Waals surface area contributed by atoms with Gasteiger partial charge in [-0.2, -0.15) is 0 Å². The molecule has 84 valence electrons. The van der Waals surface area contributed by atoms with Crippen LogP contribution in [0.5, 0.6) is 0 Å². The molecule has 0 N–H and O–H groups in total. The van der Waals surface area contributed by atoms with Crippen LogP contribution < -0.4 is 0 Å². The van der Waals surface area contributed by atoms with Gasteiger partial charge in [-0.05, 0) is 53.1 Å². The summed E-state index contributed by atoms with van der Waals surface area (Å²) in [6.45, 7) is 13.0. The fraction of sp³-hybridized carbons (Fsp3) is 1.00. The molecular formula is C12H26N2. The van der Waals surface area contributed by atoms with Crippen LogP contribution in [0.15, 0.2) is 0 Å². The zero-order valence-electron chi connectivity index (χ0n) is 10.3. The molecule has 1 saturated heterocycles. The normalized spacial score (nSPS) is 23.8. The molecule has 0 aromatic rings. The Morgan fingerprint density at radius 3 is 2.07 bits per heavy atom. The lowest BCUT2D eigenvalue weighted by Gasteiger charge is -2.33. The molecule has 14 heavy (non-hydrogen) atoms. The third-order valence-electron chi connectivity index (χ3n) is 3.45. The Bertz CT molecular complexity index is 156. The second kappa shape index (κ2) is 5.72. The SMILES string of the molecule is CCC(C)N1CCCCN(C(C)C)C1. The number of nitrogens with zero attached hydrogens (tertiary/aromatic N) is 2. The van der Waals surface area contributed by atoms with Crippen molar-refractivity contribution in [2.75, 3.05) is 19.8 Å². The van der Waals surface area contributed by atoms with Crippen molar-refractivity contribution < 1.29 is 0 Å². The molecule has 1 rings (SSSR count). The lowest BCUT2D eigenvalue weighted by molar-refractivity contribution is 0.0965. The first-order chi connectivity index (χ1) is 6.65. The fourth-order valence-electron chi connectivity index (χ4n) is 2.04. The van der Waals surface area contributed by atoms with Gasteiger partial charge in [-0.25, -0.2) is 0 Å². The van der Waals surface area contributed by atoms with Gasteiger partial charge in [0.1, 0.15) is 0 Å². The first kappa shape index (κ1) is 12.0. The highest BCUT2D eigenvalue weighted by molar-refractivity contribution is 4.73. The van der Waals surface area contributed by atoms with Gasteiger partial charge in [0.15, 0.2) is 0 Å². The molecule has 1 heterocycles. The van der Waals surface area contributed by atoms with Gasteiger partial charge in [-0.1, -0.05) is 6.92 Å². The summed E-state index contributed by atoms with van der Waals surface area (Å²) in [6.07, 6.45) is 4.00. The van der Waals surface area contributed by atoms with Crippen molar-refractivity contribution in [1.29, 1.82) is 0 Å². The molecule has 2 nitrogen and oxygen atoms in total. The molecule has 0 aromatic carbocycles. The van der Waals surface area contributed by atoms with Crippen molar-refractivity contribution in [2.45, 2.75) is 59.0 Å². The van der Waals surface area contributed by atoms with Crippen LogP contribution in [0, 0.1) is 0 Å². The third-order valence-corrected chi connectivity index (χ3v) is 3.45. The summed E-state index contributed by atoms with van der Waals surface area (Å²) in [7, 11) is 0. The quantitative estimate of drug-likeness (QED) is 0.687. The molecule has 1 aliphatic rings. The van der Waals surface area contributed by atoms with Gasteiger partial charge < -0.3 is 0 Å². The maximum atomic E-state index is 2.63. The maximum absolute atomic E-state index is 2.63. The van der Waals surface area contributed by atoms with Crippen LogP contribution in [0.25, 0.3) is 0 Å². The van der Waals surface area contributed by atoms with Crippen LogP contribution in [0.3, 0.4) is 0 Å². The molecule has 1 fully saturated rings. The maximum Gasteiger partial charge on any atom is 0.0511 e. The minimum atomic E-state index is 0.694. The van der Waals surface area contributed by atoms with Crippen molar-refractivity contribution in [3.05, 3.63) is 0 Å². The Kier molecular flexibility index (Phi) is 4.90. The highest BCUT2D eigenvalue weighted by Crippen LogP contribution is 2.13. The molecule has 0 amide bonds. The average Bonchev–Trinajstić information content (AvgIpc) is 2.41. The molecule has 0 radical (unpaired) electrons. The standard InChI is InChI=1S/C12H26N2/c1-5-12(4)14-9-7-6-8-13(10-14)11(2)3/h11-12H,5-10H2,1-4H3. The third kappa shape index (κ3) is 3.25. The predicted molar refractivity (Wildman–Crippen MR) is 62.4 cm³/mol. The van der Waals surface area contributed by atoms with Gasteiger partial charge in [-0.3, -0.25) is 9.80 Å². The minimum absolute atomic E-state index is 0.694. The van der Waals surface area contributed by atoms with Crippen molar-refractivity contribution in [3.63, 3.8) is 0 Å². The lowest BCUT2D eigenvalue weighted by Crippen LogP contribution is -2.43. The second-order valence-electron chi connectivity index (χ2n) is 4.82. The molecule has 1 aliphatic heterocycles. The highest BCUT2D eigenvalue weighted by atomic mass is 15.3. The monoisotopic (exact) mass is 198 g/mol. The summed E-state index contributed by atoms with van der Waals surface area (Å²) < 4.78 is 0. The fourth-order valence-corrected chi connectivity index (χ4v) is 2.04. The van der Waals surface area contributed by atoms with E-state index < -0.39 is 0 Å². The smallest absolute Gasteiger partial charge is 0.0511 e. The van der Waals surface area contributed by atoms with Crippen LogP contribution in [-0.4, -0.2) is 41.6 Å². The van der Waals surface area contributed by atoms with E-state index in [0.29, 0.717) is 6.04 Å². The zero-order chi connectivity index (χ0) is 10.6. The molecule has 1 atom stereocenters. The van der Waals surface area contributed by atoms with Gasteiger partial charge in [0.2, 0.25) is 0 Å². The Balaban J connectivity index is 2.51. The van der Waals surface area contributed by atoms with Crippen molar-refractivity contribution >= 4 is 0 Å². The summed E-state index contributed by atoms with van der Waals surface area (Å²) in [5.74, 6) is 0. The summed E-state index contributed by atoms with van der Waals surface area (Å²) in [6, 6.07) is 1.44. The van der Waals surface area contributed by atoms with Gasteiger partial charge in [0.05, 0.1) is 6.67 Å². The lowest BCUT2D eigenvalue weighted by atomic mass is 10.2. The van der Waals surface area contributed by atoms with E-state index in [1.165, 1.54) is 39.0 Å². The molecule has 0 bridgehead atoms. The molecule has 0 spiro atoms. The first-order valence-corrected chi connectivity index (χ1v) is 6.13. The number of rotatable bonds is 3. The summed E-state index contributed by atoms with van der Waals surface area (Å²) in [4.78, 5) is 5.23. The number of hydrogen-bond donors (Lipinski definition) is 0. The van der Waals surface area contributed by atoms with Gasteiger partial charge in [0, 0.05) is 12.1 Å². The van der Waals surface area contributed by atoms with Crippen LogP contribution in [0.4, 0.5) is 0 Å². The molecule has 0 aromatic heterocycles. The van der Waals surface area contributed by atoms with Crippen molar-refractivity contribution in [3.8, 4) is 0 Å². The summed E-state index contributed by atoms with van der Waals surface area (Å²) in [5.41, 5.74) is 0. The molecular weight excluding hydrogens is 172 g/mol. The van der Waals surface area contributed by atoms with Crippen LogP contribution in [0.1, 0.15) is 47.0 Å². The molecule has 0 saturated carbocycles. The molecule has 2 heteroatoms. The van der Waals surface area contributed by atoms with E-state index in [2.05, 4.69) is 37.5 Å². The van der Waals surface area contributed by atoms with Gasteiger partial charge >= 0.3 is 0 Å². The van der Waals surface area contributed by atoms with Crippen LogP contribution in [0.2, 0.25) is 0 Å². The van der Waals surface area contributed by atoms with Crippen LogP contribution >= 0.6 is 0 Å². The minimum Gasteiger partial charge on any atom is -0.288 e. The summed E-state index contributed by atoms with van der Waals surface area (Å²) >= 11 is 0. The van der Waals surface area contributed by atoms with Gasteiger partial charge in [-0.15, -0.1) is 0 Å². The topological polar surface area (TPSA) is 6.48 Å².